The lowest BCUT2D eigenvalue weighted by Gasteiger charge is -2.28. The average molecular weight is 247 g/mol. The summed E-state index contributed by atoms with van der Waals surface area (Å²) in [6, 6.07) is 9.62. The first-order valence-electron chi connectivity index (χ1n) is 6.21. The van der Waals surface area contributed by atoms with Gasteiger partial charge in [-0.3, -0.25) is 14.5 Å². The number of benzene rings is 1. The van der Waals surface area contributed by atoms with Gasteiger partial charge in [0.15, 0.2) is 6.23 Å². The third-order valence-corrected chi connectivity index (χ3v) is 3.18. The van der Waals surface area contributed by atoms with Crippen LogP contribution in [0.25, 0.3) is 0 Å². The van der Waals surface area contributed by atoms with Gasteiger partial charge in [0.2, 0.25) is 0 Å². The molecule has 0 aliphatic carbocycles. The van der Waals surface area contributed by atoms with Crippen LogP contribution in [0.5, 0.6) is 0 Å². The minimum Gasteiger partial charge on any atom is -0.444 e. The van der Waals surface area contributed by atoms with Gasteiger partial charge in [0, 0.05) is 31.5 Å². The fourth-order valence-electron chi connectivity index (χ4n) is 2.26. The highest BCUT2D eigenvalue weighted by atomic mass is 16.5. The molecule has 0 amide bonds. The van der Waals surface area contributed by atoms with Crippen molar-refractivity contribution in [2.24, 2.45) is 0 Å². The van der Waals surface area contributed by atoms with Gasteiger partial charge >= 0.3 is 0 Å². The van der Waals surface area contributed by atoms with Crippen LogP contribution in [0, 0.1) is 0 Å². The Balaban J connectivity index is 2.14. The smallest absolute Gasteiger partial charge is 0.294 e. The van der Waals surface area contributed by atoms with Gasteiger partial charge in [0.1, 0.15) is 5.78 Å². The summed E-state index contributed by atoms with van der Waals surface area (Å²) in [4.78, 5) is 24.1. The molecule has 1 aliphatic rings. The van der Waals surface area contributed by atoms with Crippen molar-refractivity contribution in [3.05, 3.63) is 35.9 Å². The maximum Gasteiger partial charge on any atom is 0.294 e. The Hall–Kier alpha value is -1.68. The van der Waals surface area contributed by atoms with Crippen molar-refractivity contribution in [1.82, 2.24) is 4.90 Å². The van der Waals surface area contributed by atoms with Crippen molar-refractivity contribution in [3.63, 3.8) is 0 Å². The molecule has 1 aliphatic heterocycles. The molecular formula is C14H17NO3. The van der Waals surface area contributed by atoms with Crippen molar-refractivity contribution >= 4 is 12.3 Å². The molecule has 1 unspecified atom stereocenters. The Kier molecular flexibility index (Phi) is 4.47. The van der Waals surface area contributed by atoms with E-state index in [0.29, 0.717) is 25.9 Å². The highest BCUT2D eigenvalue weighted by Gasteiger charge is 2.24. The quantitative estimate of drug-likeness (QED) is 0.762. The molecule has 0 aromatic heterocycles. The molecule has 4 heteroatoms. The highest BCUT2D eigenvalue weighted by molar-refractivity contribution is 5.78. The van der Waals surface area contributed by atoms with Crippen LogP contribution in [-0.4, -0.2) is 30.2 Å². The van der Waals surface area contributed by atoms with Crippen LogP contribution in [0.1, 0.15) is 31.1 Å². The van der Waals surface area contributed by atoms with Gasteiger partial charge in [0.25, 0.3) is 6.47 Å². The van der Waals surface area contributed by atoms with E-state index < -0.39 is 0 Å². The molecule has 1 atom stereocenters. The number of carbonyl (C=O) groups excluding carboxylic acids is 2. The Labute approximate surface area is 107 Å². The maximum atomic E-state index is 11.4. The molecule has 0 bridgehead atoms. The second-order valence-corrected chi connectivity index (χ2v) is 4.42. The lowest BCUT2D eigenvalue weighted by Crippen LogP contribution is -2.31. The summed E-state index contributed by atoms with van der Waals surface area (Å²) in [6.07, 6.45) is 1.60. The normalized spacial score (nSPS) is 19.0. The summed E-state index contributed by atoms with van der Waals surface area (Å²) in [5.74, 6) is 0.287. The fraction of sp³-hybridized carbons (Fsp3) is 0.429. The standard InChI is InChI=1S/C14H17NO3/c16-11-18-14(12-5-2-1-3-6-12)15-9-4-7-13(17)8-10-15/h1-3,5-6,11,14H,4,7-10H2. The fourth-order valence-corrected chi connectivity index (χ4v) is 2.26. The number of hydrogen-bond donors (Lipinski definition) is 0. The van der Waals surface area contributed by atoms with Crippen molar-refractivity contribution in [2.45, 2.75) is 25.5 Å². The van der Waals surface area contributed by atoms with Crippen LogP contribution in [0.15, 0.2) is 30.3 Å². The van der Waals surface area contributed by atoms with Crippen LogP contribution >= 0.6 is 0 Å². The molecule has 1 aromatic carbocycles. The van der Waals surface area contributed by atoms with Crippen molar-refractivity contribution in [3.8, 4) is 0 Å². The molecule has 0 N–H and O–H groups in total. The van der Waals surface area contributed by atoms with E-state index in [0.717, 1.165) is 18.5 Å². The number of nitrogens with zero attached hydrogens (tertiary/aromatic N) is 1. The molecule has 1 aromatic rings. The van der Waals surface area contributed by atoms with Gasteiger partial charge in [-0.2, -0.15) is 0 Å². The molecule has 96 valence electrons. The first-order valence-corrected chi connectivity index (χ1v) is 6.21. The van der Waals surface area contributed by atoms with Gasteiger partial charge in [-0.15, -0.1) is 0 Å². The third kappa shape index (κ3) is 3.17. The number of carbonyl (C=O) groups is 2. The molecular weight excluding hydrogens is 230 g/mol. The van der Waals surface area contributed by atoms with Crippen LogP contribution in [0.2, 0.25) is 0 Å². The molecule has 2 rings (SSSR count). The second-order valence-electron chi connectivity index (χ2n) is 4.42. The van der Waals surface area contributed by atoms with E-state index in [1.807, 2.05) is 30.3 Å². The van der Waals surface area contributed by atoms with E-state index >= 15 is 0 Å². The first kappa shape index (κ1) is 12.8. The first-order chi connectivity index (χ1) is 8.81. The van der Waals surface area contributed by atoms with Crippen LogP contribution in [0.4, 0.5) is 0 Å². The van der Waals surface area contributed by atoms with Crippen molar-refractivity contribution < 1.29 is 14.3 Å². The van der Waals surface area contributed by atoms with Gasteiger partial charge in [-0.1, -0.05) is 30.3 Å². The minimum absolute atomic E-state index is 0.287. The molecule has 0 spiro atoms. The number of likely N-dealkylation sites (tertiary alicyclic amines) is 1. The molecule has 1 fully saturated rings. The largest absolute Gasteiger partial charge is 0.444 e. The number of rotatable bonds is 4. The molecule has 0 saturated carbocycles. The van der Waals surface area contributed by atoms with Gasteiger partial charge in [0.05, 0.1) is 0 Å². The highest BCUT2D eigenvalue weighted by Crippen LogP contribution is 2.23. The van der Waals surface area contributed by atoms with E-state index in [9.17, 15) is 9.59 Å². The van der Waals surface area contributed by atoms with E-state index in [4.69, 9.17) is 4.74 Å². The van der Waals surface area contributed by atoms with Crippen LogP contribution in [0.3, 0.4) is 0 Å². The summed E-state index contributed by atoms with van der Waals surface area (Å²) in [6.45, 7) is 1.90. The van der Waals surface area contributed by atoms with E-state index in [-0.39, 0.29) is 12.0 Å². The summed E-state index contributed by atoms with van der Waals surface area (Å²) in [5.41, 5.74) is 0.943. The topological polar surface area (TPSA) is 46.6 Å². The number of ketones is 1. The predicted octanol–water partition coefficient (Wildman–Crippen LogP) is 1.91. The van der Waals surface area contributed by atoms with Crippen LogP contribution < -0.4 is 0 Å². The summed E-state index contributed by atoms with van der Waals surface area (Å²) in [5, 5.41) is 0. The Bertz CT molecular complexity index is 405. The number of hydrogen-bond acceptors (Lipinski definition) is 4. The van der Waals surface area contributed by atoms with Gasteiger partial charge < -0.3 is 4.74 Å². The lowest BCUT2D eigenvalue weighted by atomic mass is 10.1. The lowest BCUT2D eigenvalue weighted by molar-refractivity contribution is -0.144. The third-order valence-electron chi connectivity index (χ3n) is 3.18. The molecule has 0 radical (unpaired) electrons. The van der Waals surface area contributed by atoms with Crippen molar-refractivity contribution in [1.29, 1.82) is 0 Å². The van der Waals surface area contributed by atoms with Crippen LogP contribution in [-0.2, 0) is 14.3 Å². The van der Waals surface area contributed by atoms with Gasteiger partial charge in [-0.05, 0) is 6.42 Å². The Morgan fingerprint density at radius 3 is 2.67 bits per heavy atom. The van der Waals surface area contributed by atoms with E-state index in [2.05, 4.69) is 4.90 Å². The molecule has 4 nitrogen and oxygen atoms in total. The summed E-state index contributed by atoms with van der Waals surface area (Å²) < 4.78 is 5.19. The van der Waals surface area contributed by atoms with Gasteiger partial charge in [-0.25, -0.2) is 0 Å². The molecule has 18 heavy (non-hydrogen) atoms. The Morgan fingerprint density at radius 1 is 1.17 bits per heavy atom. The van der Waals surface area contributed by atoms with Crippen molar-refractivity contribution in [2.75, 3.05) is 13.1 Å². The number of ether oxygens (including phenoxy) is 1. The molecule has 1 heterocycles. The summed E-state index contributed by atoms with van der Waals surface area (Å²) >= 11 is 0. The minimum atomic E-state index is -0.380. The SMILES string of the molecule is O=COC(c1ccccc1)N1CCCC(=O)CC1. The maximum absolute atomic E-state index is 11.4. The monoisotopic (exact) mass is 247 g/mol. The zero-order valence-electron chi connectivity index (χ0n) is 10.2. The number of Topliss-reactive ketones (excluding diaryl/α,β-unsaturated/α-hetero) is 1. The zero-order valence-corrected chi connectivity index (χ0v) is 10.2. The zero-order chi connectivity index (χ0) is 12.8. The second kappa shape index (κ2) is 6.31. The van der Waals surface area contributed by atoms with E-state index in [1.165, 1.54) is 0 Å². The van der Waals surface area contributed by atoms with E-state index in [1.54, 1.807) is 0 Å². The average Bonchev–Trinajstić information content (AvgIpc) is 2.62. The predicted molar refractivity (Wildman–Crippen MR) is 66.8 cm³/mol. The Morgan fingerprint density at radius 2 is 1.94 bits per heavy atom. The molecule has 1 saturated heterocycles. The summed E-state index contributed by atoms with van der Waals surface area (Å²) in [7, 11) is 0.